The second-order valence-electron chi connectivity index (χ2n) is 10.7. The average Bonchev–Trinajstić information content (AvgIpc) is 3.54. The molecular formula is C28H31FN6O3S2. The molecule has 12 heteroatoms. The average molecular weight is 583 g/mol. The monoisotopic (exact) mass is 582 g/mol. The van der Waals surface area contributed by atoms with Crippen LogP contribution in [0.15, 0.2) is 30.5 Å². The van der Waals surface area contributed by atoms with Crippen molar-refractivity contribution in [1.29, 1.82) is 0 Å². The number of pyridine rings is 1. The van der Waals surface area contributed by atoms with Crippen LogP contribution in [0.3, 0.4) is 0 Å². The van der Waals surface area contributed by atoms with Crippen molar-refractivity contribution in [3.63, 3.8) is 0 Å². The van der Waals surface area contributed by atoms with E-state index < -0.39 is 29.5 Å². The highest BCUT2D eigenvalue weighted by Gasteiger charge is 2.36. The Morgan fingerprint density at radius 3 is 2.70 bits per heavy atom. The number of fused-ring (bicyclic) bond motifs is 1. The molecule has 0 unspecified atom stereocenters. The van der Waals surface area contributed by atoms with Gasteiger partial charge in [0.25, 0.3) is 5.91 Å². The summed E-state index contributed by atoms with van der Waals surface area (Å²) in [7, 11) is 0. The number of halogens is 1. The lowest BCUT2D eigenvalue weighted by Crippen LogP contribution is -2.53. The van der Waals surface area contributed by atoms with Crippen molar-refractivity contribution in [3.05, 3.63) is 51.9 Å². The Bertz CT molecular complexity index is 1560. The van der Waals surface area contributed by atoms with E-state index in [1.54, 1.807) is 17.2 Å². The van der Waals surface area contributed by atoms with Crippen LogP contribution in [0.1, 0.15) is 60.9 Å². The standard InChI is InChI=1S/C28H31FN6O3S2/c1-6-22-32-33-25(40-22)17-9-10-19(20(29)14-17)26(36)35(24-23-21(11-12-30-24)39-16(2)31-23)18-8-7-13-34(15-18)27(37)38-28(3,4)5/h9-12,14,18H,6-8,13,15H2,1-5H3/t18-/m1/s1. The van der Waals surface area contributed by atoms with Gasteiger partial charge in [0.05, 0.1) is 21.3 Å². The van der Waals surface area contributed by atoms with Crippen molar-refractivity contribution in [3.8, 4) is 10.6 Å². The predicted octanol–water partition coefficient (Wildman–Crippen LogP) is 6.27. The minimum absolute atomic E-state index is 0.0934. The van der Waals surface area contributed by atoms with E-state index in [9.17, 15) is 9.59 Å². The van der Waals surface area contributed by atoms with Crippen molar-refractivity contribution in [2.75, 3.05) is 18.0 Å². The number of piperidine rings is 1. The zero-order chi connectivity index (χ0) is 28.6. The molecule has 1 aliphatic rings. The number of likely N-dealkylation sites (tertiary alicyclic amines) is 1. The van der Waals surface area contributed by atoms with Gasteiger partial charge < -0.3 is 9.64 Å². The van der Waals surface area contributed by atoms with Crippen LogP contribution in [-0.4, -0.2) is 61.8 Å². The third-order valence-electron chi connectivity index (χ3n) is 6.47. The fourth-order valence-electron chi connectivity index (χ4n) is 4.69. The topological polar surface area (TPSA) is 101 Å². The molecule has 1 atom stereocenters. The van der Waals surface area contributed by atoms with E-state index in [1.165, 1.54) is 39.7 Å². The molecule has 1 aliphatic heterocycles. The van der Waals surface area contributed by atoms with Crippen LogP contribution in [0.4, 0.5) is 15.0 Å². The molecule has 0 spiro atoms. The number of nitrogens with zero attached hydrogens (tertiary/aromatic N) is 6. The summed E-state index contributed by atoms with van der Waals surface area (Å²) < 4.78 is 22.1. The van der Waals surface area contributed by atoms with E-state index in [0.29, 0.717) is 41.3 Å². The lowest BCUT2D eigenvalue weighted by atomic mass is 10.0. The Kier molecular flexibility index (Phi) is 7.83. The fourth-order valence-corrected chi connectivity index (χ4v) is 6.28. The highest BCUT2D eigenvalue weighted by atomic mass is 32.1. The summed E-state index contributed by atoms with van der Waals surface area (Å²) in [5.41, 5.74) is 0.386. The van der Waals surface area contributed by atoms with Gasteiger partial charge in [-0.2, -0.15) is 0 Å². The maximum absolute atomic E-state index is 15.6. The van der Waals surface area contributed by atoms with E-state index in [0.717, 1.165) is 21.1 Å². The van der Waals surface area contributed by atoms with Gasteiger partial charge in [-0.25, -0.2) is 19.2 Å². The van der Waals surface area contributed by atoms with Crippen molar-refractivity contribution in [1.82, 2.24) is 25.1 Å². The highest BCUT2D eigenvalue weighted by molar-refractivity contribution is 7.18. The van der Waals surface area contributed by atoms with Gasteiger partial charge in [-0.1, -0.05) is 24.3 Å². The zero-order valence-electron chi connectivity index (χ0n) is 23.1. The number of aryl methyl sites for hydroxylation is 2. The second-order valence-corrected chi connectivity index (χ2v) is 13.0. The lowest BCUT2D eigenvalue weighted by Gasteiger charge is -2.39. The first-order valence-electron chi connectivity index (χ1n) is 13.2. The number of anilines is 1. The molecular weight excluding hydrogens is 551 g/mol. The van der Waals surface area contributed by atoms with E-state index >= 15 is 4.39 Å². The number of amides is 2. The van der Waals surface area contributed by atoms with Crippen LogP contribution in [0, 0.1) is 12.7 Å². The summed E-state index contributed by atoms with van der Waals surface area (Å²) in [6.45, 7) is 10.0. The van der Waals surface area contributed by atoms with Crippen molar-refractivity contribution < 1.29 is 18.7 Å². The second kappa shape index (κ2) is 11.2. The summed E-state index contributed by atoms with van der Waals surface area (Å²) >= 11 is 2.89. The molecule has 5 rings (SSSR count). The van der Waals surface area contributed by atoms with Crippen LogP contribution >= 0.6 is 22.7 Å². The molecule has 1 aromatic carbocycles. The molecule has 4 aromatic rings. The first kappa shape index (κ1) is 28.0. The van der Waals surface area contributed by atoms with Crippen LogP contribution in [0.2, 0.25) is 0 Å². The van der Waals surface area contributed by atoms with Gasteiger partial charge in [-0.15, -0.1) is 21.5 Å². The number of thiazole rings is 1. The third-order valence-corrected chi connectivity index (χ3v) is 8.52. The Morgan fingerprint density at radius 2 is 2.00 bits per heavy atom. The number of hydrogen-bond donors (Lipinski definition) is 0. The third kappa shape index (κ3) is 5.83. The van der Waals surface area contributed by atoms with Crippen LogP contribution < -0.4 is 4.90 Å². The molecule has 1 saturated heterocycles. The molecule has 1 fully saturated rings. The van der Waals surface area contributed by atoms with Crippen LogP contribution in [0.5, 0.6) is 0 Å². The van der Waals surface area contributed by atoms with Gasteiger partial charge >= 0.3 is 6.09 Å². The molecule has 9 nitrogen and oxygen atoms in total. The Hall–Kier alpha value is -3.51. The van der Waals surface area contributed by atoms with Gasteiger partial charge in [0.1, 0.15) is 27.0 Å². The molecule has 3 aromatic heterocycles. The van der Waals surface area contributed by atoms with Gasteiger partial charge in [-0.3, -0.25) is 9.69 Å². The van der Waals surface area contributed by atoms with E-state index in [1.807, 2.05) is 40.7 Å². The number of carbonyl (C=O) groups is 2. The van der Waals surface area contributed by atoms with Gasteiger partial charge in [-0.05, 0) is 65.2 Å². The summed E-state index contributed by atoms with van der Waals surface area (Å²) in [6, 6.07) is 5.88. The Morgan fingerprint density at radius 1 is 1.20 bits per heavy atom. The molecule has 210 valence electrons. The number of hydrogen-bond acceptors (Lipinski definition) is 9. The largest absolute Gasteiger partial charge is 0.444 e. The normalized spacial score (nSPS) is 15.8. The first-order chi connectivity index (χ1) is 19.0. The Labute approximate surface area is 240 Å². The molecule has 0 saturated carbocycles. The fraction of sp³-hybridized carbons (Fsp3) is 0.429. The zero-order valence-corrected chi connectivity index (χ0v) is 24.7. The molecule has 40 heavy (non-hydrogen) atoms. The van der Waals surface area contributed by atoms with Crippen molar-refractivity contribution in [2.45, 2.75) is 65.5 Å². The lowest BCUT2D eigenvalue weighted by molar-refractivity contribution is 0.0196. The first-order valence-corrected chi connectivity index (χ1v) is 14.8. The summed E-state index contributed by atoms with van der Waals surface area (Å²) in [5, 5.41) is 10.5. The minimum Gasteiger partial charge on any atom is -0.444 e. The molecule has 4 heterocycles. The van der Waals surface area contributed by atoms with E-state index in [2.05, 4.69) is 20.2 Å². The summed E-state index contributed by atoms with van der Waals surface area (Å²) in [5.74, 6) is -0.859. The molecule has 0 N–H and O–H groups in total. The van der Waals surface area contributed by atoms with Crippen molar-refractivity contribution in [2.24, 2.45) is 0 Å². The van der Waals surface area contributed by atoms with E-state index in [-0.39, 0.29) is 12.1 Å². The minimum atomic E-state index is -0.665. The SMILES string of the molecule is CCc1nnc(-c2ccc(C(=O)N(c3nccc4sc(C)nc34)[C@@H]3CCCN(C(=O)OC(C)(C)C)C3)c(F)c2)s1. The predicted molar refractivity (Wildman–Crippen MR) is 154 cm³/mol. The quantitative estimate of drug-likeness (QED) is 0.273. The Balaban J connectivity index is 1.53. The van der Waals surface area contributed by atoms with Gasteiger partial charge in [0.2, 0.25) is 0 Å². The van der Waals surface area contributed by atoms with Gasteiger partial charge in [0.15, 0.2) is 5.82 Å². The number of benzene rings is 1. The molecule has 0 radical (unpaired) electrons. The maximum atomic E-state index is 15.6. The highest BCUT2D eigenvalue weighted by Crippen LogP contribution is 2.34. The van der Waals surface area contributed by atoms with Crippen LogP contribution in [-0.2, 0) is 11.2 Å². The number of carbonyl (C=O) groups excluding carboxylic acids is 2. The molecule has 2 amide bonds. The summed E-state index contributed by atoms with van der Waals surface area (Å²) in [4.78, 5) is 39.4. The molecule has 0 bridgehead atoms. The number of rotatable bonds is 5. The number of aromatic nitrogens is 4. The van der Waals surface area contributed by atoms with Crippen LogP contribution in [0.25, 0.3) is 20.8 Å². The number of ether oxygens (including phenoxy) is 1. The summed E-state index contributed by atoms with van der Waals surface area (Å²) in [6.07, 6.45) is 3.18. The van der Waals surface area contributed by atoms with E-state index in [4.69, 9.17) is 4.74 Å². The van der Waals surface area contributed by atoms with Gasteiger partial charge in [0, 0.05) is 24.8 Å². The maximum Gasteiger partial charge on any atom is 0.410 e. The smallest absolute Gasteiger partial charge is 0.410 e. The molecule has 0 aliphatic carbocycles. The van der Waals surface area contributed by atoms with Crippen molar-refractivity contribution >= 4 is 50.7 Å².